The van der Waals surface area contributed by atoms with Crippen molar-refractivity contribution in [3.8, 4) is 0 Å². The molecule has 126 valence electrons. The molecule has 0 aromatic heterocycles. The third-order valence-electron chi connectivity index (χ3n) is 3.25. The monoisotopic (exact) mass is 349 g/mol. The van der Waals surface area contributed by atoms with E-state index in [0.29, 0.717) is 0 Å². The van der Waals surface area contributed by atoms with Crippen LogP contribution in [0.3, 0.4) is 0 Å². The molecule has 2 rings (SSSR count). The summed E-state index contributed by atoms with van der Waals surface area (Å²) in [7, 11) is -4.77. The highest BCUT2D eigenvalue weighted by Gasteiger charge is 2.35. The normalized spacial score (nSPS) is 21.3. The summed E-state index contributed by atoms with van der Waals surface area (Å²) in [4.78, 5) is 22.1. The molecule has 0 bridgehead atoms. The maximum absolute atomic E-state index is 12.5. The molecule has 1 fully saturated rings. The molecule has 1 heterocycles. The van der Waals surface area contributed by atoms with E-state index in [1.807, 2.05) is 0 Å². The quantitative estimate of drug-likeness (QED) is 0.828. The molecule has 2 N–H and O–H groups in total. The SMILES string of the molecule is O=C(Nc1cccc(S(=O)(=O)C(F)F)c1)[C@@H]1CC[C@H](C(=O)O)O1. The van der Waals surface area contributed by atoms with Crippen LogP contribution in [-0.4, -0.2) is 43.4 Å². The topological polar surface area (TPSA) is 110 Å². The van der Waals surface area contributed by atoms with Gasteiger partial charge < -0.3 is 15.2 Å². The van der Waals surface area contributed by atoms with Gasteiger partial charge in [-0.05, 0) is 31.0 Å². The van der Waals surface area contributed by atoms with Crippen LogP contribution in [0.1, 0.15) is 12.8 Å². The molecule has 1 aliphatic heterocycles. The van der Waals surface area contributed by atoms with Gasteiger partial charge in [0.05, 0.1) is 4.90 Å². The number of aliphatic carboxylic acids is 1. The standard InChI is InChI=1S/C13H13F2NO6S/c14-13(15)23(20,21)8-3-1-2-7(6-8)16-11(17)9-4-5-10(22-9)12(18)19/h1-3,6,9-10,13H,4-5H2,(H,16,17)(H,18,19)/t9-,10+/m0/s1. The summed E-state index contributed by atoms with van der Waals surface area (Å²) < 4.78 is 52.8. The zero-order chi connectivity index (χ0) is 17.2. The number of amides is 1. The molecule has 2 atom stereocenters. The van der Waals surface area contributed by atoms with E-state index in [-0.39, 0.29) is 18.5 Å². The van der Waals surface area contributed by atoms with Crippen molar-refractivity contribution in [3.05, 3.63) is 24.3 Å². The van der Waals surface area contributed by atoms with Gasteiger partial charge in [-0.15, -0.1) is 0 Å². The van der Waals surface area contributed by atoms with Gasteiger partial charge in [0.25, 0.3) is 5.91 Å². The predicted molar refractivity (Wildman–Crippen MR) is 73.8 cm³/mol. The maximum Gasteiger partial charge on any atom is 0.341 e. The summed E-state index contributed by atoms with van der Waals surface area (Å²) in [5.41, 5.74) is -0.000833. The molecule has 1 saturated heterocycles. The van der Waals surface area contributed by atoms with Gasteiger partial charge in [0.1, 0.15) is 6.10 Å². The van der Waals surface area contributed by atoms with Crippen LogP contribution in [0.2, 0.25) is 0 Å². The number of benzene rings is 1. The van der Waals surface area contributed by atoms with E-state index < -0.39 is 44.6 Å². The number of anilines is 1. The molecule has 1 aromatic carbocycles. The fourth-order valence-electron chi connectivity index (χ4n) is 2.09. The van der Waals surface area contributed by atoms with Crippen LogP contribution >= 0.6 is 0 Å². The Morgan fingerprint density at radius 1 is 1.26 bits per heavy atom. The first-order chi connectivity index (χ1) is 10.7. The van der Waals surface area contributed by atoms with Crippen molar-refractivity contribution in [1.82, 2.24) is 0 Å². The number of carboxylic acids is 1. The molecule has 23 heavy (non-hydrogen) atoms. The minimum absolute atomic E-state index is 0.000833. The van der Waals surface area contributed by atoms with Crippen molar-refractivity contribution in [3.63, 3.8) is 0 Å². The molecule has 0 saturated carbocycles. The Hall–Kier alpha value is -2.07. The first-order valence-electron chi connectivity index (χ1n) is 6.53. The van der Waals surface area contributed by atoms with Crippen LogP contribution in [0.5, 0.6) is 0 Å². The van der Waals surface area contributed by atoms with E-state index in [2.05, 4.69) is 5.32 Å². The number of carbonyl (C=O) groups excluding carboxylic acids is 1. The second-order valence-electron chi connectivity index (χ2n) is 4.85. The van der Waals surface area contributed by atoms with Crippen LogP contribution in [0.25, 0.3) is 0 Å². The smallest absolute Gasteiger partial charge is 0.341 e. The Morgan fingerprint density at radius 2 is 1.91 bits per heavy atom. The van der Waals surface area contributed by atoms with Crippen LogP contribution in [0.15, 0.2) is 29.2 Å². The van der Waals surface area contributed by atoms with Gasteiger partial charge in [0.15, 0.2) is 6.10 Å². The molecular weight excluding hydrogens is 336 g/mol. The van der Waals surface area contributed by atoms with Crippen molar-refractivity contribution in [2.45, 2.75) is 35.7 Å². The number of ether oxygens (including phenoxy) is 1. The molecule has 10 heteroatoms. The lowest BCUT2D eigenvalue weighted by Crippen LogP contribution is -2.30. The van der Waals surface area contributed by atoms with Crippen LogP contribution in [-0.2, 0) is 24.2 Å². The number of nitrogens with one attached hydrogen (secondary N) is 1. The summed E-state index contributed by atoms with van der Waals surface area (Å²) in [5.74, 6) is -5.41. The van der Waals surface area contributed by atoms with Gasteiger partial charge in [-0.1, -0.05) is 6.07 Å². The Labute approximate surface area is 130 Å². The minimum atomic E-state index is -4.77. The van der Waals surface area contributed by atoms with E-state index >= 15 is 0 Å². The fraction of sp³-hybridized carbons (Fsp3) is 0.385. The van der Waals surface area contributed by atoms with Crippen LogP contribution in [0, 0.1) is 0 Å². The van der Waals surface area contributed by atoms with E-state index in [0.717, 1.165) is 12.1 Å². The molecule has 1 aliphatic rings. The van der Waals surface area contributed by atoms with Gasteiger partial charge >= 0.3 is 11.7 Å². The Bertz CT molecular complexity index is 721. The highest BCUT2D eigenvalue weighted by molar-refractivity contribution is 7.91. The minimum Gasteiger partial charge on any atom is -0.479 e. The first kappa shape index (κ1) is 17.3. The van der Waals surface area contributed by atoms with Crippen molar-refractivity contribution in [2.75, 3.05) is 5.32 Å². The molecule has 1 aromatic rings. The summed E-state index contributed by atoms with van der Waals surface area (Å²) in [6.45, 7) is 0. The van der Waals surface area contributed by atoms with E-state index in [1.165, 1.54) is 12.1 Å². The molecule has 0 radical (unpaired) electrons. The summed E-state index contributed by atoms with van der Waals surface area (Å²) in [6, 6.07) is 4.43. The lowest BCUT2D eigenvalue weighted by molar-refractivity contribution is -0.150. The lowest BCUT2D eigenvalue weighted by atomic mass is 10.2. The first-order valence-corrected chi connectivity index (χ1v) is 8.07. The molecule has 0 spiro atoms. The van der Waals surface area contributed by atoms with E-state index in [1.54, 1.807) is 0 Å². The second-order valence-corrected chi connectivity index (χ2v) is 6.77. The van der Waals surface area contributed by atoms with Gasteiger partial charge in [-0.2, -0.15) is 8.78 Å². The molecule has 7 nitrogen and oxygen atoms in total. The number of sulfone groups is 1. The highest BCUT2D eigenvalue weighted by Crippen LogP contribution is 2.24. The van der Waals surface area contributed by atoms with E-state index in [4.69, 9.17) is 9.84 Å². The summed E-state index contributed by atoms with van der Waals surface area (Å²) in [5, 5.41) is 11.1. The Kier molecular flexibility index (Phi) is 4.95. The number of carboxylic acid groups (broad SMARTS) is 1. The fourth-order valence-corrected chi connectivity index (χ4v) is 2.85. The zero-order valence-electron chi connectivity index (χ0n) is 11.6. The highest BCUT2D eigenvalue weighted by atomic mass is 32.2. The van der Waals surface area contributed by atoms with Gasteiger partial charge in [0, 0.05) is 5.69 Å². The summed E-state index contributed by atoms with van der Waals surface area (Å²) >= 11 is 0. The number of hydrogen-bond donors (Lipinski definition) is 2. The predicted octanol–water partition coefficient (Wildman–Crippen LogP) is 1.25. The number of halogens is 2. The largest absolute Gasteiger partial charge is 0.479 e. The number of carbonyl (C=O) groups is 2. The zero-order valence-corrected chi connectivity index (χ0v) is 12.4. The van der Waals surface area contributed by atoms with Crippen LogP contribution < -0.4 is 5.32 Å². The average molecular weight is 349 g/mol. The van der Waals surface area contributed by atoms with Gasteiger partial charge in [-0.3, -0.25) is 4.79 Å². The molecule has 0 aliphatic carbocycles. The average Bonchev–Trinajstić information content (AvgIpc) is 2.97. The molecule has 0 unspecified atom stereocenters. The molecule has 1 amide bonds. The van der Waals surface area contributed by atoms with Crippen molar-refractivity contribution in [2.24, 2.45) is 0 Å². The number of alkyl halides is 2. The van der Waals surface area contributed by atoms with Gasteiger partial charge in [-0.25, -0.2) is 13.2 Å². The van der Waals surface area contributed by atoms with Crippen molar-refractivity contribution >= 4 is 27.4 Å². The third kappa shape index (κ3) is 3.82. The maximum atomic E-state index is 12.5. The molecular formula is C13H13F2NO6S. The second kappa shape index (κ2) is 6.59. The Morgan fingerprint density at radius 3 is 2.48 bits per heavy atom. The lowest BCUT2D eigenvalue weighted by Gasteiger charge is -2.12. The Balaban J connectivity index is 2.10. The van der Waals surface area contributed by atoms with E-state index in [9.17, 15) is 26.8 Å². The summed E-state index contributed by atoms with van der Waals surface area (Å²) in [6.07, 6.45) is -1.70. The van der Waals surface area contributed by atoms with Gasteiger partial charge in [0.2, 0.25) is 9.84 Å². The van der Waals surface area contributed by atoms with Crippen molar-refractivity contribution < 1.29 is 36.6 Å². The third-order valence-corrected chi connectivity index (χ3v) is 4.63. The van der Waals surface area contributed by atoms with Crippen molar-refractivity contribution in [1.29, 1.82) is 0 Å². The number of hydrogen-bond acceptors (Lipinski definition) is 5. The van der Waals surface area contributed by atoms with Crippen LogP contribution in [0.4, 0.5) is 14.5 Å². The number of rotatable bonds is 5.